The van der Waals surface area contributed by atoms with Crippen LogP contribution in [-0.2, 0) is 4.79 Å². The Bertz CT molecular complexity index is 784. The van der Waals surface area contributed by atoms with Crippen molar-refractivity contribution < 1.29 is 9.59 Å². The predicted molar refractivity (Wildman–Crippen MR) is 100 cm³/mol. The molecule has 1 fully saturated rings. The van der Waals surface area contributed by atoms with Crippen LogP contribution in [0, 0.1) is 5.92 Å². The fourth-order valence-electron chi connectivity index (χ4n) is 2.26. The molecule has 2 aromatic carbocycles. The Morgan fingerprint density at radius 3 is 2.32 bits per heavy atom. The Balaban J connectivity index is 1.68. The number of hydrogen-bond acceptors (Lipinski definition) is 3. The molecule has 6 heteroatoms. The van der Waals surface area contributed by atoms with Crippen molar-refractivity contribution in [2.75, 3.05) is 6.54 Å². The van der Waals surface area contributed by atoms with E-state index in [0.717, 1.165) is 22.9 Å². The predicted octanol–water partition coefficient (Wildman–Crippen LogP) is 3.11. The largest absolute Gasteiger partial charge is 0.346 e. The first-order valence-corrected chi connectivity index (χ1v) is 8.88. The number of hydrogen-bond donors (Lipinski definition) is 2. The molecule has 0 atom stereocenters. The molecule has 2 aromatic rings. The van der Waals surface area contributed by atoms with Crippen molar-refractivity contribution in [1.82, 2.24) is 10.7 Å². The molecule has 2 N–H and O–H groups in total. The molecule has 3 rings (SSSR count). The molecule has 1 saturated carbocycles. The number of benzene rings is 2. The molecule has 1 aliphatic rings. The van der Waals surface area contributed by atoms with Crippen LogP contribution < -0.4 is 10.7 Å². The number of amides is 2. The number of carbonyl (C=O) groups is 2. The maximum atomic E-state index is 12.3. The summed E-state index contributed by atoms with van der Waals surface area (Å²) in [6.45, 7) is 0.226. The van der Waals surface area contributed by atoms with Crippen molar-refractivity contribution in [3.05, 3.63) is 70.2 Å². The lowest BCUT2D eigenvalue weighted by atomic mass is 10.1. The zero-order chi connectivity index (χ0) is 17.6. The summed E-state index contributed by atoms with van der Waals surface area (Å²) in [5, 5.41) is 7.08. The first-order valence-electron chi connectivity index (χ1n) is 8.09. The van der Waals surface area contributed by atoms with Gasteiger partial charge in [-0.25, -0.2) is 5.43 Å². The van der Waals surface area contributed by atoms with Crippen molar-refractivity contribution in [3.63, 3.8) is 0 Å². The topological polar surface area (TPSA) is 70.6 Å². The molecule has 0 heterocycles. The number of rotatable bonds is 6. The van der Waals surface area contributed by atoms with Gasteiger partial charge in [-0.05, 0) is 42.7 Å². The monoisotopic (exact) mass is 399 g/mol. The normalized spacial score (nSPS) is 14.0. The van der Waals surface area contributed by atoms with E-state index in [1.807, 2.05) is 42.5 Å². The summed E-state index contributed by atoms with van der Waals surface area (Å²) in [5.74, 6) is -0.171. The quantitative estimate of drug-likeness (QED) is 0.578. The van der Waals surface area contributed by atoms with Crippen LogP contribution in [0.4, 0.5) is 0 Å². The molecule has 2 amide bonds. The fraction of sp³-hybridized carbons (Fsp3) is 0.211. The number of nitrogens with zero attached hydrogens (tertiary/aromatic N) is 1. The highest BCUT2D eigenvalue weighted by Gasteiger charge is 2.29. The first kappa shape index (κ1) is 17.4. The lowest BCUT2D eigenvalue weighted by Gasteiger charge is -2.09. The standard InChI is InChI=1S/C19H18BrN3O2/c20-16-10-8-14(9-11-16)18(24)21-12-17(13-4-2-1-3-5-13)22-23-19(25)15-6-7-15/h1-5,8-11,15H,6-7,12H2,(H,21,24)(H,23,25)/b22-17-. The minimum absolute atomic E-state index is 0.0623. The smallest absolute Gasteiger partial charge is 0.251 e. The van der Waals surface area contributed by atoms with Crippen molar-refractivity contribution in [2.45, 2.75) is 12.8 Å². The zero-order valence-electron chi connectivity index (χ0n) is 13.5. The second-order valence-corrected chi connectivity index (χ2v) is 6.78. The molecule has 25 heavy (non-hydrogen) atoms. The van der Waals surface area contributed by atoms with Gasteiger partial charge in [0.25, 0.3) is 5.91 Å². The Morgan fingerprint density at radius 2 is 1.68 bits per heavy atom. The van der Waals surface area contributed by atoms with Gasteiger partial charge in [0, 0.05) is 16.0 Å². The second-order valence-electron chi connectivity index (χ2n) is 5.86. The maximum absolute atomic E-state index is 12.3. The molecular formula is C19H18BrN3O2. The van der Waals surface area contributed by atoms with E-state index in [1.54, 1.807) is 12.1 Å². The molecule has 5 nitrogen and oxygen atoms in total. The number of nitrogens with one attached hydrogen (secondary N) is 2. The van der Waals surface area contributed by atoms with Crippen LogP contribution in [0.3, 0.4) is 0 Å². The van der Waals surface area contributed by atoms with E-state index in [2.05, 4.69) is 31.8 Å². The van der Waals surface area contributed by atoms with Gasteiger partial charge >= 0.3 is 0 Å². The molecule has 128 valence electrons. The van der Waals surface area contributed by atoms with Crippen LogP contribution in [-0.4, -0.2) is 24.1 Å². The highest BCUT2D eigenvalue weighted by Crippen LogP contribution is 2.28. The Kier molecular flexibility index (Phi) is 5.60. The van der Waals surface area contributed by atoms with E-state index >= 15 is 0 Å². The van der Waals surface area contributed by atoms with E-state index in [-0.39, 0.29) is 24.3 Å². The molecular weight excluding hydrogens is 382 g/mol. The van der Waals surface area contributed by atoms with Crippen LogP contribution in [0.2, 0.25) is 0 Å². The van der Waals surface area contributed by atoms with Crippen molar-refractivity contribution in [1.29, 1.82) is 0 Å². The molecule has 0 bridgehead atoms. The Hall–Kier alpha value is -2.47. The average Bonchev–Trinajstić information content (AvgIpc) is 3.48. The van der Waals surface area contributed by atoms with Gasteiger partial charge < -0.3 is 5.32 Å². The summed E-state index contributed by atoms with van der Waals surface area (Å²) < 4.78 is 0.915. The van der Waals surface area contributed by atoms with Crippen LogP contribution in [0.15, 0.2) is 64.2 Å². The molecule has 1 aliphatic carbocycles. The van der Waals surface area contributed by atoms with Gasteiger partial charge in [0.15, 0.2) is 0 Å². The van der Waals surface area contributed by atoms with Crippen LogP contribution in [0.5, 0.6) is 0 Å². The third kappa shape index (κ3) is 5.00. The van der Waals surface area contributed by atoms with E-state index in [4.69, 9.17) is 0 Å². The maximum Gasteiger partial charge on any atom is 0.251 e. The highest BCUT2D eigenvalue weighted by atomic mass is 79.9. The number of hydrazone groups is 1. The average molecular weight is 400 g/mol. The van der Waals surface area contributed by atoms with Crippen molar-refractivity contribution in [3.8, 4) is 0 Å². The minimum atomic E-state index is -0.190. The summed E-state index contributed by atoms with van der Waals surface area (Å²) in [6, 6.07) is 16.6. The van der Waals surface area contributed by atoms with Gasteiger partial charge in [-0.2, -0.15) is 5.10 Å². The highest BCUT2D eigenvalue weighted by molar-refractivity contribution is 9.10. The molecule has 0 radical (unpaired) electrons. The van der Waals surface area contributed by atoms with E-state index in [9.17, 15) is 9.59 Å². The van der Waals surface area contributed by atoms with Crippen molar-refractivity contribution >= 4 is 33.5 Å². The third-order valence-electron chi connectivity index (χ3n) is 3.88. The SMILES string of the molecule is O=C(NC/C(=N/NC(=O)C1CC1)c1ccccc1)c1ccc(Br)cc1. The van der Waals surface area contributed by atoms with Gasteiger partial charge in [0.2, 0.25) is 5.91 Å². The van der Waals surface area contributed by atoms with Gasteiger partial charge in [0.1, 0.15) is 0 Å². The van der Waals surface area contributed by atoms with Gasteiger partial charge in [-0.1, -0.05) is 46.3 Å². The van der Waals surface area contributed by atoms with E-state index < -0.39 is 0 Å². The van der Waals surface area contributed by atoms with E-state index in [0.29, 0.717) is 11.3 Å². The van der Waals surface area contributed by atoms with Gasteiger partial charge in [-0.3, -0.25) is 9.59 Å². The number of halogens is 1. The Labute approximate surface area is 154 Å². The molecule has 0 spiro atoms. The van der Waals surface area contributed by atoms with Crippen LogP contribution in [0.1, 0.15) is 28.8 Å². The molecule has 0 saturated heterocycles. The third-order valence-corrected chi connectivity index (χ3v) is 4.41. The zero-order valence-corrected chi connectivity index (χ0v) is 15.1. The second kappa shape index (κ2) is 8.07. The lowest BCUT2D eigenvalue weighted by Crippen LogP contribution is -2.32. The molecule has 0 unspecified atom stereocenters. The Morgan fingerprint density at radius 1 is 1.00 bits per heavy atom. The number of carbonyl (C=O) groups excluding carboxylic acids is 2. The molecule has 0 aliphatic heterocycles. The van der Waals surface area contributed by atoms with Gasteiger partial charge in [0.05, 0.1) is 12.3 Å². The first-order chi connectivity index (χ1) is 12.1. The van der Waals surface area contributed by atoms with Crippen LogP contribution >= 0.6 is 15.9 Å². The van der Waals surface area contributed by atoms with Crippen LogP contribution in [0.25, 0.3) is 0 Å². The summed E-state index contributed by atoms with van der Waals surface area (Å²) >= 11 is 3.35. The summed E-state index contributed by atoms with van der Waals surface area (Å²) in [7, 11) is 0. The molecule has 0 aromatic heterocycles. The van der Waals surface area contributed by atoms with Gasteiger partial charge in [-0.15, -0.1) is 0 Å². The lowest BCUT2D eigenvalue weighted by molar-refractivity contribution is -0.122. The summed E-state index contributed by atoms with van der Waals surface area (Å²) in [4.78, 5) is 24.1. The fourth-order valence-corrected chi connectivity index (χ4v) is 2.53. The van der Waals surface area contributed by atoms with E-state index in [1.165, 1.54) is 0 Å². The summed E-state index contributed by atoms with van der Waals surface area (Å²) in [6.07, 6.45) is 1.84. The summed E-state index contributed by atoms with van der Waals surface area (Å²) in [5.41, 5.74) is 4.64. The van der Waals surface area contributed by atoms with Crippen molar-refractivity contribution in [2.24, 2.45) is 11.0 Å². The minimum Gasteiger partial charge on any atom is -0.346 e.